The van der Waals surface area contributed by atoms with Gasteiger partial charge in [0.2, 0.25) is 0 Å². The standard InChI is InChI=1S/C19H40O4S.Na.H/c1-3-4-5-6-7-8-9-10-11-12-13-16-19(23-2)17-14-15-18-24(20,21)22;;/h19H,3-18H2,1-2H3,(H,20,21,22);;. The van der Waals surface area contributed by atoms with Crippen molar-refractivity contribution in [3.05, 3.63) is 0 Å². The van der Waals surface area contributed by atoms with Gasteiger partial charge in [0.1, 0.15) is 0 Å². The maximum absolute atomic E-state index is 10.7. The molecule has 0 aliphatic heterocycles. The third-order valence-electron chi connectivity index (χ3n) is 4.64. The van der Waals surface area contributed by atoms with E-state index in [2.05, 4.69) is 6.92 Å². The molecule has 1 N–H and O–H groups in total. The molecule has 0 radical (unpaired) electrons. The molecule has 0 aromatic carbocycles. The van der Waals surface area contributed by atoms with Gasteiger partial charge in [0.15, 0.2) is 0 Å². The third kappa shape index (κ3) is 22.8. The van der Waals surface area contributed by atoms with Crippen LogP contribution in [0.3, 0.4) is 0 Å². The van der Waals surface area contributed by atoms with Crippen LogP contribution in [0, 0.1) is 0 Å². The van der Waals surface area contributed by atoms with E-state index in [1.807, 2.05) is 0 Å². The zero-order chi connectivity index (χ0) is 18.1. The second-order valence-electron chi connectivity index (χ2n) is 6.96. The van der Waals surface area contributed by atoms with Crippen molar-refractivity contribution in [2.24, 2.45) is 0 Å². The quantitative estimate of drug-likeness (QED) is 0.201. The molecule has 0 amide bonds. The van der Waals surface area contributed by atoms with Gasteiger partial charge in [0, 0.05) is 7.11 Å². The van der Waals surface area contributed by atoms with E-state index >= 15 is 0 Å². The van der Waals surface area contributed by atoms with Gasteiger partial charge in [0.25, 0.3) is 10.1 Å². The Bertz CT molecular complexity index is 360. The van der Waals surface area contributed by atoms with Crippen LogP contribution in [0.1, 0.15) is 103 Å². The molecular weight excluding hydrogens is 347 g/mol. The van der Waals surface area contributed by atoms with Gasteiger partial charge in [0.05, 0.1) is 11.9 Å². The second kappa shape index (κ2) is 19.6. The van der Waals surface area contributed by atoms with E-state index in [0.717, 1.165) is 19.3 Å². The van der Waals surface area contributed by atoms with E-state index in [1.54, 1.807) is 7.11 Å². The summed E-state index contributed by atoms with van der Waals surface area (Å²) in [6.07, 6.45) is 18.2. The first kappa shape index (κ1) is 28.1. The van der Waals surface area contributed by atoms with E-state index in [9.17, 15) is 8.42 Å². The van der Waals surface area contributed by atoms with Gasteiger partial charge in [-0.1, -0.05) is 77.6 Å². The van der Waals surface area contributed by atoms with Crippen molar-refractivity contribution in [3.63, 3.8) is 0 Å². The summed E-state index contributed by atoms with van der Waals surface area (Å²) < 4.78 is 35.5. The van der Waals surface area contributed by atoms with Crippen LogP contribution in [0.4, 0.5) is 0 Å². The molecule has 0 saturated heterocycles. The van der Waals surface area contributed by atoms with Crippen molar-refractivity contribution in [2.45, 2.75) is 109 Å². The van der Waals surface area contributed by atoms with Crippen molar-refractivity contribution < 1.29 is 17.7 Å². The fourth-order valence-corrected chi connectivity index (χ4v) is 3.64. The molecule has 0 aromatic heterocycles. The van der Waals surface area contributed by atoms with E-state index in [4.69, 9.17) is 9.29 Å². The molecule has 148 valence electrons. The minimum absolute atomic E-state index is 0. The molecule has 0 aliphatic carbocycles. The average molecular weight is 389 g/mol. The van der Waals surface area contributed by atoms with Crippen LogP contribution in [0.25, 0.3) is 0 Å². The Kier molecular flexibility index (Phi) is 22.0. The molecule has 0 heterocycles. The predicted molar refractivity (Wildman–Crippen MR) is 109 cm³/mol. The van der Waals surface area contributed by atoms with Gasteiger partial charge in [-0.05, 0) is 25.7 Å². The van der Waals surface area contributed by atoms with Crippen LogP contribution in [-0.2, 0) is 14.9 Å². The molecule has 0 fully saturated rings. The van der Waals surface area contributed by atoms with E-state index in [0.29, 0.717) is 6.42 Å². The Morgan fingerprint density at radius 1 is 0.760 bits per heavy atom. The zero-order valence-electron chi connectivity index (χ0n) is 16.0. The fraction of sp³-hybridized carbons (Fsp3) is 1.00. The molecule has 0 aliphatic rings. The number of methoxy groups -OCH3 is 1. The monoisotopic (exact) mass is 388 g/mol. The van der Waals surface area contributed by atoms with Gasteiger partial charge in [-0.25, -0.2) is 0 Å². The van der Waals surface area contributed by atoms with Crippen LogP contribution < -0.4 is 0 Å². The molecular formula is C19H41NaO4S. The van der Waals surface area contributed by atoms with Crippen molar-refractivity contribution in [1.29, 1.82) is 0 Å². The first-order valence-electron chi connectivity index (χ1n) is 9.97. The average Bonchev–Trinajstić information content (AvgIpc) is 2.53. The normalized spacial score (nSPS) is 12.8. The Hall–Kier alpha value is 0.870. The van der Waals surface area contributed by atoms with Crippen LogP contribution in [-0.4, -0.2) is 61.5 Å². The van der Waals surface area contributed by atoms with Gasteiger partial charge >= 0.3 is 29.6 Å². The molecule has 1 unspecified atom stereocenters. The van der Waals surface area contributed by atoms with E-state index < -0.39 is 10.1 Å². The molecule has 25 heavy (non-hydrogen) atoms. The molecule has 0 saturated carbocycles. The zero-order valence-corrected chi connectivity index (χ0v) is 16.8. The summed E-state index contributed by atoms with van der Waals surface area (Å²) in [5.41, 5.74) is 0. The first-order valence-corrected chi connectivity index (χ1v) is 11.6. The van der Waals surface area contributed by atoms with E-state index in [1.165, 1.54) is 70.6 Å². The van der Waals surface area contributed by atoms with Gasteiger partial charge in [-0.15, -0.1) is 0 Å². The maximum atomic E-state index is 10.7. The number of ether oxygens (including phenoxy) is 1. The van der Waals surface area contributed by atoms with Gasteiger partial charge in [-0.2, -0.15) is 8.42 Å². The molecule has 0 spiro atoms. The Balaban J connectivity index is 0. The number of hydrogen-bond donors (Lipinski definition) is 1. The van der Waals surface area contributed by atoms with Gasteiger partial charge in [-0.3, -0.25) is 4.55 Å². The van der Waals surface area contributed by atoms with Crippen LogP contribution >= 0.6 is 0 Å². The summed E-state index contributed by atoms with van der Waals surface area (Å²) in [7, 11) is -2.08. The molecule has 1 atom stereocenters. The number of unbranched alkanes of at least 4 members (excludes halogenated alkanes) is 11. The minimum atomic E-state index is -3.81. The Labute approximate surface area is 178 Å². The number of hydrogen-bond acceptors (Lipinski definition) is 3. The molecule has 0 bridgehead atoms. The molecule has 4 nitrogen and oxygen atoms in total. The SMILES string of the molecule is CCCCCCCCCCCCCC(CCCCS(=O)(=O)O)OC.[NaH]. The first-order chi connectivity index (χ1) is 11.5. The van der Waals surface area contributed by atoms with Crippen molar-refractivity contribution >= 4 is 39.7 Å². The van der Waals surface area contributed by atoms with Crippen molar-refractivity contribution in [1.82, 2.24) is 0 Å². The Morgan fingerprint density at radius 2 is 1.16 bits per heavy atom. The molecule has 6 heteroatoms. The third-order valence-corrected chi connectivity index (χ3v) is 5.45. The summed E-state index contributed by atoms with van der Waals surface area (Å²) in [6.45, 7) is 2.26. The second-order valence-corrected chi connectivity index (χ2v) is 8.54. The fourth-order valence-electron chi connectivity index (χ4n) is 3.07. The molecule has 0 rings (SSSR count). The summed E-state index contributed by atoms with van der Waals surface area (Å²) in [5, 5.41) is 0. The summed E-state index contributed by atoms with van der Waals surface area (Å²) in [4.78, 5) is 0. The topological polar surface area (TPSA) is 63.6 Å². The Morgan fingerprint density at radius 3 is 1.56 bits per heavy atom. The van der Waals surface area contributed by atoms with Crippen molar-refractivity contribution in [2.75, 3.05) is 12.9 Å². The predicted octanol–water partition coefficient (Wildman–Crippen LogP) is 5.11. The van der Waals surface area contributed by atoms with E-state index in [-0.39, 0.29) is 41.4 Å². The molecule has 0 aromatic rings. The van der Waals surface area contributed by atoms with Crippen molar-refractivity contribution in [3.8, 4) is 0 Å². The summed E-state index contributed by atoms with van der Waals surface area (Å²) in [6, 6.07) is 0. The van der Waals surface area contributed by atoms with Crippen LogP contribution in [0.2, 0.25) is 0 Å². The summed E-state index contributed by atoms with van der Waals surface area (Å²) in [5.74, 6) is -0.137. The van der Waals surface area contributed by atoms with Crippen LogP contribution in [0.5, 0.6) is 0 Å². The summed E-state index contributed by atoms with van der Waals surface area (Å²) >= 11 is 0. The number of rotatable bonds is 18. The van der Waals surface area contributed by atoms with Crippen LogP contribution in [0.15, 0.2) is 0 Å². The van der Waals surface area contributed by atoms with Gasteiger partial charge < -0.3 is 4.74 Å².